The minimum atomic E-state index is -0.999. The Bertz CT molecular complexity index is 597. The summed E-state index contributed by atoms with van der Waals surface area (Å²) in [7, 11) is 0. The summed E-state index contributed by atoms with van der Waals surface area (Å²) in [5.41, 5.74) is -0.496. The van der Waals surface area contributed by atoms with E-state index in [2.05, 4.69) is 15.0 Å². The number of nitrogens with one attached hydrogen (secondary N) is 1. The van der Waals surface area contributed by atoms with Crippen LogP contribution in [0.1, 0.15) is 10.4 Å². The largest absolute Gasteiger partial charge is 0.363 e. The maximum atomic E-state index is 13.1. The van der Waals surface area contributed by atoms with Crippen LogP contribution in [0.5, 0.6) is 0 Å². The molecule has 0 radical (unpaired) electrons. The fourth-order valence-electron chi connectivity index (χ4n) is 1.26. The van der Waals surface area contributed by atoms with Crippen molar-refractivity contribution in [2.24, 2.45) is 0 Å². The van der Waals surface area contributed by atoms with Gasteiger partial charge in [-0.05, 0) is 12.1 Å². The molecule has 1 N–H and O–H groups in total. The van der Waals surface area contributed by atoms with E-state index in [0.29, 0.717) is 5.69 Å². The lowest BCUT2D eigenvalue weighted by Gasteiger charge is -2.02. The van der Waals surface area contributed by atoms with Crippen molar-refractivity contribution in [2.75, 3.05) is 5.32 Å². The summed E-state index contributed by atoms with van der Waals surface area (Å²) in [5.74, 6) is -1.62. The second-order valence-electron chi connectivity index (χ2n) is 3.29. The van der Waals surface area contributed by atoms with Crippen LogP contribution in [0.25, 0.3) is 0 Å². The molecule has 1 amide bonds. The minimum absolute atomic E-state index is 0.0377. The zero-order valence-electron chi connectivity index (χ0n) is 8.79. The highest BCUT2D eigenvalue weighted by Crippen LogP contribution is 2.19. The third kappa shape index (κ3) is 2.32. The number of hydrogen-bond donors (Lipinski definition) is 1. The van der Waals surface area contributed by atoms with Crippen LogP contribution in [0.2, 0.25) is 0 Å². The average molecular weight is 251 g/mol. The van der Waals surface area contributed by atoms with Crippen LogP contribution >= 0.6 is 0 Å². The number of amides is 1. The molecule has 0 aliphatic rings. The summed E-state index contributed by atoms with van der Waals surface area (Å²) in [6.07, 6.45) is 2.45. The molecular formula is C10H6FN3O4. The van der Waals surface area contributed by atoms with Crippen molar-refractivity contribution < 1.29 is 18.6 Å². The summed E-state index contributed by atoms with van der Waals surface area (Å²) in [4.78, 5) is 21.3. The van der Waals surface area contributed by atoms with Gasteiger partial charge in [0.15, 0.2) is 0 Å². The van der Waals surface area contributed by atoms with Gasteiger partial charge in [-0.2, -0.15) is 4.39 Å². The molecule has 0 bridgehead atoms. The molecule has 0 fully saturated rings. The third-order valence-corrected chi connectivity index (χ3v) is 2.10. The molecule has 0 atom stereocenters. The Morgan fingerprint density at radius 3 is 2.89 bits per heavy atom. The van der Waals surface area contributed by atoms with Crippen molar-refractivity contribution in [1.29, 1.82) is 0 Å². The summed E-state index contributed by atoms with van der Waals surface area (Å²) >= 11 is 0. The summed E-state index contributed by atoms with van der Waals surface area (Å²) in [6, 6.07) is 2.87. The number of anilines is 1. The second kappa shape index (κ2) is 4.62. The number of hydrogen-bond acceptors (Lipinski definition) is 5. The van der Waals surface area contributed by atoms with Crippen LogP contribution in [0.4, 0.5) is 15.8 Å². The van der Waals surface area contributed by atoms with Gasteiger partial charge < -0.3 is 9.84 Å². The van der Waals surface area contributed by atoms with E-state index >= 15 is 0 Å². The lowest BCUT2D eigenvalue weighted by molar-refractivity contribution is -0.387. The topological polar surface area (TPSA) is 98.3 Å². The van der Waals surface area contributed by atoms with E-state index < -0.39 is 22.3 Å². The Balaban J connectivity index is 2.26. The highest BCUT2D eigenvalue weighted by atomic mass is 19.1. The molecule has 18 heavy (non-hydrogen) atoms. The fraction of sp³-hybridized carbons (Fsp3) is 0. The quantitative estimate of drug-likeness (QED) is 0.664. The first-order valence-corrected chi connectivity index (χ1v) is 4.72. The van der Waals surface area contributed by atoms with Gasteiger partial charge in [0.05, 0.1) is 11.1 Å². The number of carbonyl (C=O) groups excluding carboxylic acids is 1. The molecule has 2 aromatic rings. The number of nitro groups is 1. The van der Waals surface area contributed by atoms with E-state index in [-0.39, 0.29) is 5.56 Å². The van der Waals surface area contributed by atoms with Crippen molar-refractivity contribution >= 4 is 17.3 Å². The third-order valence-electron chi connectivity index (χ3n) is 2.10. The molecule has 0 saturated heterocycles. The molecule has 92 valence electrons. The van der Waals surface area contributed by atoms with Crippen LogP contribution in [0, 0.1) is 15.9 Å². The van der Waals surface area contributed by atoms with Crippen molar-refractivity contribution in [3.05, 3.63) is 52.2 Å². The SMILES string of the molecule is O=C(Nc1cnoc1)c1ccc(F)c([N+](=O)[O-])c1. The molecule has 2 rings (SSSR count). The van der Waals surface area contributed by atoms with Gasteiger partial charge >= 0.3 is 5.69 Å². The van der Waals surface area contributed by atoms with Crippen LogP contribution in [-0.2, 0) is 0 Å². The van der Waals surface area contributed by atoms with Gasteiger partial charge in [-0.15, -0.1) is 0 Å². The Morgan fingerprint density at radius 2 is 2.28 bits per heavy atom. The van der Waals surface area contributed by atoms with Crippen molar-refractivity contribution in [3.8, 4) is 0 Å². The maximum absolute atomic E-state index is 13.1. The molecule has 0 unspecified atom stereocenters. The van der Waals surface area contributed by atoms with Crippen LogP contribution in [0.3, 0.4) is 0 Å². The van der Waals surface area contributed by atoms with Crippen molar-refractivity contribution in [1.82, 2.24) is 5.16 Å². The number of halogens is 1. The first-order chi connectivity index (χ1) is 8.58. The molecule has 7 nitrogen and oxygen atoms in total. The van der Waals surface area contributed by atoms with Crippen LogP contribution in [-0.4, -0.2) is 16.0 Å². The number of carbonyl (C=O) groups is 1. The summed E-state index contributed by atoms with van der Waals surface area (Å²) in [5, 5.41) is 16.3. The van der Waals surface area contributed by atoms with E-state index in [1.807, 2.05) is 0 Å². The van der Waals surface area contributed by atoms with Gasteiger partial charge in [-0.1, -0.05) is 5.16 Å². The number of nitrogens with zero attached hydrogens (tertiary/aromatic N) is 2. The zero-order valence-corrected chi connectivity index (χ0v) is 8.79. The van der Waals surface area contributed by atoms with Gasteiger partial charge in [0.25, 0.3) is 5.91 Å². The van der Waals surface area contributed by atoms with Gasteiger partial charge in [0.2, 0.25) is 5.82 Å². The van der Waals surface area contributed by atoms with Gasteiger partial charge in [-0.25, -0.2) is 0 Å². The standard InChI is InChI=1S/C10H6FN3O4/c11-8-2-1-6(3-9(8)14(16)17)10(15)13-7-4-12-18-5-7/h1-5H,(H,13,15). The molecule has 8 heteroatoms. The Morgan fingerprint density at radius 1 is 1.50 bits per heavy atom. The van der Waals surface area contributed by atoms with Gasteiger partial charge in [0.1, 0.15) is 12.0 Å². The van der Waals surface area contributed by atoms with Gasteiger partial charge in [0, 0.05) is 11.6 Å². The lowest BCUT2D eigenvalue weighted by Crippen LogP contribution is -2.11. The molecule has 0 saturated carbocycles. The maximum Gasteiger partial charge on any atom is 0.305 e. The Labute approximate surface area is 99.3 Å². The molecule has 0 aliphatic heterocycles. The van der Waals surface area contributed by atoms with E-state index in [0.717, 1.165) is 18.2 Å². The van der Waals surface area contributed by atoms with Crippen LogP contribution in [0.15, 0.2) is 35.2 Å². The number of rotatable bonds is 3. The van der Waals surface area contributed by atoms with Crippen molar-refractivity contribution in [3.63, 3.8) is 0 Å². The number of nitro benzene ring substituents is 1. The summed E-state index contributed by atoms with van der Waals surface area (Å²) in [6.45, 7) is 0. The monoisotopic (exact) mass is 251 g/mol. The first-order valence-electron chi connectivity index (χ1n) is 4.72. The van der Waals surface area contributed by atoms with Crippen LogP contribution < -0.4 is 5.32 Å². The summed E-state index contributed by atoms with van der Waals surface area (Å²) < 4.78 is 17.6. The molecule has 0 spiro atoms. The minimum Gasteiger partial charge on any atom is -0.363 e. The highest BCUT2D eigenvalue weighted by Gasteiger charge is 2.17. The zero-order chi connectivity index (χ0) is 13.1. The lowest BCUT2D eigenvalue weighted by atomic mass is 10.2. The number of benzene rings is 1. The molecule has 1 heterocycles. The predicted octanol–water partition coefficient (Wildman–Crippen LogP) is 1.97. The fourth-order valence-corrected chi connectivity index (χ4v) is 1.26. The normalized spacial score (nSPS) is 10.1. The predicted molar refractivity (Wildman–Crippen MR) is 57.5 cm³/mol. The van der Waals surface area contributed by atoms with E-state index in [4.69, 9.17) is 0 Å². The van der Waals surface area contributed by atoms with Gasteiger partial charge in [-0.3, -0.25) is 14.9 Å². The Kier molecular flexibility index (Phi) is 3.00. The van der Waals surface area contributed by atoms with E-state index in [1.165, 1.54) is 12.5 Å². The second-order valence-corrected chi connectivity index (χ2v) is 3.29. The molecule has 0 aliphatic carbocycles. The highest BCUT2D eigenvalue weighted by molar-refractivity contribution is 6.04. The average Bonchev–Trinajstić information content (AvgIpc) is 2.81. The van der Waals surface area contributed by atoms with Crippen molar-refractivity contribution in [2.45, 2.75) is 0 Å². The first kappa shape index (κ1) is 11.7. The van der Waals surface area contributed by atoms with E-state index in [1.54, 1.807) is 0 Å². The number of aromatic nitrogens is 1. The molecule has 1 aromatic carbocycles. The molecular weight excluding hydrogens is 245 g/mol. The Hall–Kier alpha value is -2.77. The smallest absolute Gasteiger partial charge is 0.305 e. The van der Waals surface area contributed by atoms with E-state index in [9.17, 15) is 19.3 Å². The molecule has 1 aromatic heterocycles.